The van der Waals surface area contributed by atoms with Gasteiger partial charge in [0.2, 0.25) is 5.91 Å². The van der Waals surface area contributed by atoms with Crippen LogP contribution in [0.25, 0.3) is 11.0 Å². The smallest absolute Gasteiger partial charge is 0.333 e. The van der Waals surface area contributed by atoms with Crippen molar-refractivity contribution >= 4 is 28.7 Å². The average molecular weight is 433 g/mol. The highest BCUT2D eigenvalue weighted by atomic mass is 32.2. The molecule has 2 aromatic heterocycles. The molecule has 1 unspecified atom stereocenters. The maximum absolute atomic E-state index is 13.9. The number of hydrogen-bond donors (Lipinski definition) is 1. The molecule has 1 amide bonds. The monoisotopic (exact) mass is 432 g/mol. The van der Waals surface area contributed by atoms with Crippen LogP contribution in [0.3, 0.4) is 0 Å². The summed E-state index contributed by atoms with van der Waals surface area (Å²) in [5.41, 5.74) is -0.528. The number of halogens is 1. The van der Waals surface area contributed by atoms with Crippen molar-refractivity contribution in [2.75, 3.05) is 11.5 Å². The molecule has 160 valence electrons. The van der Waals surface area contributed by atoms with Gasteiger partial charge in [-0.2, -0.15) is 11.8 Å². The summed E-state index contributed by atoms with van der Waals surface area (Å²) in [6.07, 6.45) is 6.57. The quantitative estimate of drug-likeness (QED) is 0.802. The van der Waals surface area contributed by atoms with Crippen molar-refractivity contribution in [3.63, 3.8) is 0 Å². The lowest BCUT2D eigenvalue weighted by atomic mass is 9.90. The van der Waals surface area contributed by atoms with Gasteiger partial charge in [0.05, 0.1) is 17.6 Å². The van der Waals surface area contributed by atoms with E-state index in [0.717, 1.165) is 49.8 Å². The third-order valence-corrected chi connectivity index (χ3v) is 7.69. The van der Waals surface area contributed by atoms with Gasteiger partial charge in [0.1, 0.15) is 11.5 Å². The second-order valence-corrected chi connectivity index (χ2v) is 9.81. The van der Waals surface area contributed by atoms with E-state index in [-0.39, 0.29) is 46.7 Å². The van der Waals surface area contributed by atoms with Gasteiger partial charge >= 0.3 is 5.69 Å². The predicted molar refractivity (Wildman–Crippen MR) is 113 cm³/mol. The van der Waals surface area contributed by atoms with E-state index in [2.05, 4.69) is 10.3 Å². The van der Waals surface area contributed by atoms with E-state index in [9.17, 15) is 18.8 Å². The molecule has 30 heavy (non-hydrogen) atoms. The first-order valence-electron chi connectivity index (χ1n) is 10.7. The maximum atomic E-state index is 13.9. The van der Waals surface area contributed by atoms with E-state index < -0.39 is 11.4 Å². The van der Waals surface area contributed by atoms with Gasteiger partial charge in [0.25, 0.3) is 5.56 Å². The number of hydrogen-bond acceptors (Lipinski definition) is 5. The number of fused-ring (bicyclic) bond motifs is 1. The molecular weight excluding hydrogens is 407 g/mol. The summed E-state index contributed by atoms with van der Waals surface area (Å²) in [5, 5.41) is 3.27. The van der Waals surface area contributed by atoms with Crippen LogP contribution in [0, 0.1) is 11.7 Å². The molecule has 0 spiro atoms. The molecule has 7 nitrogen and oxygen atoms in total. The highest BCUT2D eigenvalue weighted by Crippen LogP contribution is 2.32. The topological polar surface area (TPSA) is 86.0 Å². The Morgan fingerprint density at radius 3 is 2.50 bits per heavy atom. The molecule has 5 rings (SSSR count). The van der Waals surface area contributed by atoms with Crippen LogP contribution in [0.4, 0.5) is 4.39 Å². The zero-order valence-corrected chi connectivity index (χ0v) is 17.5. The average Bonchev–Trinajstić information content (AvgIpc) is 3.46. The molecule has 9 heteroatoms. The van der Waals surface area contributed by atoms with Crippen molar-refractivity contribution in [1.29, 1.82) is 0 Å². The zero-order chi connectivity index (χ0) is 20.8. The van der Waals surface area contributed by atoms with Crippen molar-refractivity contribution in [2.45, 2.75) is 63.1 Å². The molecule has 2 saturated carbocycles. The Morgan fingerprint density at radius 1 is 1.07 bits per heavy atom. The summed E-state index contributed by atoms with van der Waals surface area (Å²) in [5.74, 6) is 1.45. The Balaban J connectivity index is 1.49. The SMILES string of the molecule is O=C(N[C@H]1CC[C@@H](n2c(=O)c3cc(F)cnc3n(C3CCSC3)c2=O)CC1)C1CC1. The number of rotatable bonds is 4. The Labute approximate surface area is 177 Å². The van der Waals surface area contributed by atoms with Crippen molar-refractivity contribution in [3.8, 4) is 0 Å². The van der Waals surface area contributed by atoms with Crippen LogP contribution in [0.2, 0.25) is 0 Å². The van der Waals surface area contributed by atoms with E-state index in [4.69, 9.17) is 0 Å². The van der Waals surface area contributed by atoms with Gasteiger partial charge in [0, 0.05) is 23.8 Å². The number of thioether (sulfide) groups is 1. The van der Waals surface area contributed by atoms with Crippen LogP contribution in [0.15, 0.2) is 21.9 Å². The van der Waals surface area contributed by atoms with Crippen LogP contribution >= 0.6 is 11.8 Å². The first kappa shape index (κ1) is 19.8. The van der Waals surface area contributed by atoms with Crippen LogP contribution < -0.4 is 16.6 Å². The first-order valence-corrected chi connectivity index (χ1v) is 11.9. The number of amides is 1. The van der Waals surface area contributed by atoms with E-state index in [1.165, 1.54) is 10.6 Å². The minimum absolute atomic E-state index is 0.0380. The van der Waals surface area contributed by atoms with Gasteiger partial charge in [-0.05, 0) is 56.8 Å². The van der Waals surface area contributed by atoms with Gasteiger partial charge in [-0.1, -0.05) is 0 Å². The normalized spacial score (nSPS) is 26.8. The maximum Gasteiger partial charge on any atom is 0.333 e. The van der Waals surface area contributed by atoms with Gasteiger partial charge in [-0.3, -0.25) is 18.7 Å². The molecule has 3 fully saturated rings. The third-order valence-electron chi connectivity index (χ3n) is 6.55. The van der Waals surface area contributed by atoms with E-state index >= 15 is 0 Å². The lowest BCUT2D eigenvalue weighted by Crippen LogP contribution is -2.46. The number of aromatic nitrogens is 3. The molecule has 0 aromatic carbocycles. The number of carbonyl (C=O) groups excluding carboxylic acids is 1. The fourth-order valence-corrected chi connectivity index (χ4v) is 5.92. The molecule has 0 radical (unpaired) electrons. The van der Waals surface area contributed by atoms with Crippen molar-refractivity contribution < 1.29 is 9.18 Å². The van der Waals surface area contributed by atoms with Gasteiger partial charge in [-0.15, -0.1) is 0 Å². The Bertz CT molecular complexity index is 1100. The summed E-state index contributed by atoms with van der Waals surface area (Å²) in [6.45, 7) is 0. The van der Waals surface area contributed by atoms with Gasteiger partial charge in [0.15, 0.2) is 0 Å². The molecule has 1 atom stereocenters. The van der Waals surface area contributed by atoms with Gasteiger partial charge in [-0.25, -0.2) is 14.2 Å². The molecule has 1 N–H and O–H groups in total. The van der Waals surface area contributed by atoms with E-state index in [1.807, 2.05) is 0 Å². The van der Waals surface area contributed by atoms with Gasteiger partial charge < -0.3 is 5.32 Å². The fraction of sp³-hybridized carbons (Fsp3) is 0.619. The number of carbonyl (C=O) groups is 1. The molecule has 1 saturated heterocycles. The molecule has 1 aliphatic heterocycles. The molecular formula is C21H25FN4O3S. The molecule has 3 heterocycles. The fourth-order valence-electron chi connectivity index (χ4n) is 4.72. The van der Waals surface area contributed by atoms with Crippen LogP contribution in [-0.2, 0) is 4.79 Å². The second kappa shape index (κ2) is 7.83. The lowest BCUT2D eigenvalue weighted by molar-refractivity contribution is -0.123. The van der Waals surface area contributed by atoms with E-state index in [0.29, 0.717) is 12.8 Å². The summed E-state index contributed by atoms with van der Waals surface area (Å²) in [7, 11) is 0. The molecule has 0 bridgehead atoms. The minimum atomic E-state index is -0.580. The van der Waals surface area contributed by atoms with Crippen LogP contribution in [-0.4, -0.2) is 37.6 Å². The van der Waals surface area contributed by atoms with E-state index in [1.54, 1.807) is 16.3 Å². The summed E-state index contributed by atoms with van der Waals surface area (Å²) >= 11 is 1.77. The van der Waals surface area contributed by atoms with Crippen LogP contribution in [0.5, 0.6) is 0 Å². The molecule has 3 aliphatic rings. The minimum Gasteiger partial charge on any atom is -0.353 e. The molecule has 2 aromatic rings. The highest BCUT2D eigenvalue weighted by molar-refractivity contribution is 7.99. The van der Waals surface area contributed by atoms with Crippen molar-refractivity contribution in [2.24, 2.45) is 5.92 Å². The lowest BCUT2D eigenvalue weighted by Gasteiger charge is -2.30. The van der Waals surface area contributed by atoms with Crippen molar-refractivity contribution in [1.82, 2.24) is 19.4 Å². The highest BCUT2D eigenvalue weighted by Gasteiger charge is 2.33. The van der Waals surface area contributed by atoms with Crippen LogP contribution in [0.1, 0.15) is 57.0 Å². The summed E-state index contributed by atoms with van der Waals surface area (Å²) in [6, 6.07) is 1.01. The second-order valence-electron chi connectivity index (χ2n) is 8.66. The Morgan fingerprint density at radius 2 is 1.83 bits per heavy atom. The zero-order valence-electron chi connectivity index (χ0n) is 16.7. The largest absolute Gasteiger partial charge is 0.353 e. The standard InChI is InChI=1S/C21H25FN4O3S/c22-13-9-17-18(23-10-13)25(16-7-8-30-11-16)21(29)26(20(17)28)15-5-3-14(4-6-15)24-19(27)12-1-2-12/h9-10,12,14-16H,1-8,11H2,(H,24,27)/t14-,15+,16?. The molecule has 2 aliphatic carbocycles. The Kier molecular flexibility index (Phi) is 5.16. The third kappa shape index (κ3) is 3.57. The number of nitrogens with zero attached hydrogens (tertiary/aromatic N) is 3. The number of nitrogens with one attached hydrogen (secondary N) is 1. The summed E-state index contributed by atoms with van der Waals surface area (Å²) in [4.78, 5) is 42.8. The predicted octanol–water partition coefficient (Wildman–Crippen LogP) is 2.39. The van der Waals surface area contributed by atoms with Crippen molar-refractivity contribution in [3.05, 3.63) is 38.9 Å². The first-order chi connectivity index (χ1) is 14.5. The number of pyridine rings is 1. The Hall–Kier alpha value is -2.16. The summed E-state index contributed by atoms with van der Waals surface area (Å²) < 4.78 is 16.8.